The molecule has 1 atom stereocenters. The first-order chi connectivity index (χ1) is 9.47. The predicted octanol–water partition coefficient (Wildman–Crippen LogP) is 1.55. The van der Waals surface area contributed by atoms with Crippen LogP contribution in [-0.4, -0.2) is 31.5 Å². The highest BCUT2D eigenvalue weighted by molar-refractivity contribution is 7.99. The van der Waals surface area contributed by atoms with Crippen molar-refractivity contribution >= 4 is 39.0 Å². The van der Waals surface area contributed by atoms with Crippen LogP contribution in [0.15, 0.2) is 29.2 Å². The topological polar surface area (TPSA) is 72.2 Å². The van der Waals surface area contributed by atoms with Gasteiger partial charge in [0.1, 0.15) is 0 Å². The van der Waals surface area contributed by atoms with Crippen molar-refractivity contribution in [3.63, 3.8) is 0 Å². The summed E-state index contributed by atoms with van der Waals surface area (Å²) in [6.07, 6.45) is 1.57. The molecular formula is C13H18N2O2S3. The minimum atomic E-state index is -3.42. The summed E-state index contributed by atoms with van der Waals surface area (Å²) in [5.41, 5.74) is 6.38. The lowest BCUT2D eigenvalue weighted by Gasteiger charge is -2.11. The summed E-state index contributed by atoms with van der Waals surface area (Å²) in [5, 5.41) is 0. The summed E-state index contributed by atoms with van der Waals surface area (Å²) in [6, 6.07) is 6.69. The van der Waals surface area contributed by atoms with Gasteiger partial charge in [-0.3, -0.25) is 0 Å². The third-order valence-corrected chi connectivity index (χ3v) is 6.01. The molecule has 1 aliphatic rings. The van der Waals surface area contributed by atoms with Gasteiger partial charge >= 0.3 is 0 Å². The van der Waals surface area contributed by atoms with E-state index in [1.165, 1.54) is 0 Å². The average molecular weight is 331 g/mol. The lowest BCUT2D eigenvalue weighted by molar-refractivity contribution is 0.546. The molecule has 0 radical (unpaired) electrons. The van der Waals surface area contributed by atoms with Gasteiger partial charge < -0.3 is 5.73 Å². The second-order valence-electron chi connectivity index (χ2n) is 4.87. The van der Waals surface area contributed by atoms with Gasteiger partial charge in [-0.1, -0.05) is 24.4 Å². The molecule has 1 fully saturated rings. The predicted molar refractivity (Wildman–Crippen MR) is 87.6 cm³/mol. The van der Waals surface area contributed by atoms with Gasteiger partial charge in [0.2, 0.25) is 10.0 Å². The van der Waals surface area contributed by atoms with Gasteiger partial charge in [-0.15, -0.1) is 0 Å². The Hall–Kier alpha value is -0.630. The molecule has 7 heteroatoms. The summed E-state index contributed by atoms with van der Waals surface area (Å²) in [5.74, 6) is 2.61. The first-order valence-corrected chi connectivity index (χ1v) is 9.46. The Balaban J connectivity index is 1.99. The van der Waals surface area contributed by atoms with Crippen molar-refractivity contribution in [1.82, 2.24) is 4.72 Å². The van der Waals surface area contributed by atoms with Gasteiger partial charge in [0.15, 0.2) is 0 Å². The minimum Gasteiger partial charge on any atom is -0.393 e. The van der Waals surface area contributed by atoms with Crippen LogP contribution < -0.4 is 10.5 Å². The Labute approximate surface area is 129 Å². The zero-order valence-corrected chi connectivity index (χ0v) is 13.5. The highest BCUT2D eigenvalue weighted by Gasteiger charge is 2.19. The summed E-state index contributed by atoms with van der Waals surface area (Å²) >= 11 is 6.71. The number of nitrogens with one attached hydrogen (secondary N) is 1. The Morgan fingerprint density at radius 1 is 1.40 bits per heavy atom. The fourth-order valence-corrected chi connectivity index (χ4v) is 4.61. The SMILES string of the molecule is NC(=S)Cc1ccc(S(=O)(=O)NCC2CCSC2)cc1. The van der Waals surface area contributed by atoms with E-state index >= 15 is 0 Å². The van der Waals surface area contributed by atoms with Gasteiger partial charge in [-0.2, -0.15) is 11.8 Å². The monoisotopic (exact) mass is 330 g/mol. The fraction of sp³-hybridized carbons (Fsp3) is 0.462. The van der Waals surface area contributed by atoms with Crippen LogP contribution >= 0.6 is 24.0 Å². The molecule has 0 aliphatic carbocycles. The van der Waals surface area contributed by atoms with Gasteiger partial charge in [0.05, 0.1) is 9.88 Å². The van der Waals surface area contributed by atoms with E-state index in [2.05, 4.69) is 4.72 Å². The van der Waals surface area contributed by atoms with Crippen molar-refractivity contribution in [2.75, 3.05) is 18.1 Å². The number of hydrogen-bond donors (Lipinski definition) is 2. The van der Waals surface area contributed by atoms with Gasteiger partial charge in [-0.05, 0) is 41.5 Å². The van der Waals surface area contributed by atoms with Crippen LogP contribution in [0, 0.1) is 5.92 Å². The lowest BCUT2D eigenvalue weighted by Crippen LogP contribution is -2.29. The van der Waals surface area contributed by atoms with Crippen molar-refractivity contribution in [3.8, 4) is 0 Å². The lowest BCUT2D eigenvalue weighted by atomic mass is 10.1. The van der Waals surface area contributed by atoms with E-state index in [4.69, 9.17) is 18.0 Å². The smallest absolute Gasteiger partial charge is 0.240 e. The molecule has 0 saturated carbocycles. The number of sulfonamides is 1. The molecule has 0 aromatic heterocycles. The van der Waals surface area contributed by atoms with Crippen LogP contribution in [0.1, 0.15) is 12.0 Å². The quantitative estimate of drug-likeness (QED) is 0.774. The number of nitrogens with two attached hydrogens (primary N) is 1. The number of thiocarbonyl (C=S) groups is 1. The van der Waals surface area contributed by atoms with Gasteiger partial charge in [0, 0.05) is 13.0 Å². The summed E-state index contributed by atoms with van der Waals surface area (Å²) < 4.78 is 27.0. The molecule has 110 valence electrons. The zero-order chi connectivity index (χ0) is 14.6. The van der Waals surface area contributed by atoms with E-state index in [0.29, 0.717) is 23.9 Å². The maximum Gasteiger partial charge on any atom is 0.240 e. The number of thioether (sulfide) groups is 1. The van der Waals surface area contributed by atoms with E-state index in [1.54, 1.807) is 24.3 Å². The van der Waals surface area contributed by atoms with Crippen LogP contribution in [-0.2, 0) is 16.4 Å². The average Bonchev–Trinajstić information content (AvgIpc) is 2.89. The third-order valence-electron chi connectivity index (χ3n) is 3.20. The highest BCUT2D eigenvalue weighted by Crippen LogP contribution is 2.23. The van der Waals surface area contributed by atoms with Crippen molar-refractivity contribution in [3.05, 3.63) is 29.8 Å². The second kappa shape index (κ2) is 6.89. The molecule has 3 N–H and O–H groups in total. The molecule has 0 amide bonds. The van der Waals surface area contributed by atoms with Crippen molar-refractivity contribution < 1.29 is 8.42 Å². The Morgan fingerprint density at radius 3 is 2.65 bits per heavy atom. The number of rotatable bonds is 6. The van der Waals surface area contributed by atoms with Gasteiger partial charge in [0.25, 0.3) is 0 Å². The molecule has 4 nitrogen and oxygen atoms in total. The largest absolute Gasteiger partial charge is 0.393 e. The van der Waals surface area contributed by atoms with E-state index in [-0.39, 0.29) is 4.90 Å². The summed E-state index contributed by atoms with van der Waals surface area (Å²) in [6.45, 7) is 0.518. The van der Waals surface area contributed by atoms with Gasteiger partial charge in [-0.25, -0.2) is 13.1 Å². The molecule has 1 aromatic carbocycles. The van der Waals surface area contributed by atoms with Crippen molar-refractivity contribution in [2.24, 2.45) is 11.7 Å². The van der Waals surface area contributed by atoms with Crippen LogP contribution in [0.2, 0.25) is 0 Å². The Bertz CT molecular complexity index is 564. The molecular weight excluding hydrogens is 312 g/mol. The Kier molecular flexibility index (Phi) is 5.42. The molecule has 20 heavy (non-hydrogen) atoms. The third kappa shape index (κ3) is 4.44. The molecule has 0 bridgehead atoms. The molecule has 1 heterocycles. The van der Waals surface area contributed by atoms with E-state index in [0.717, 1.165) is 23.5 Å². The Morgan fingerprint density at radius 2 is 2.10 bits per heavy atom. The van der Waals surface area contributed by atoms with Crippen molar-refractivity contribution in [1.29, 1.82) is 0 Å². The molecule has 1 aliphatic heterocycles. The van der Waals surface area contributed by atoms with Crippen molar-refractivity contribution in [2.45, 2.75) is 17.7 Å². The molecule has 1 saturated heterocycles. The maximum atomic E-state index is 12.2. The van der Waals surface area contributed by atoms with Crippen LogP contribution in [0.25, 0.3) is 0 Å². The first-order valence-electron chi connectivity index (χ1n) is 6.42. The normalized spacial score (nSPS) is 19.1. The van der Waals surface area contributed by atoms with Crippen LogP contribution in [0.3, 0.4) is 0 Å². The summed E-state index contributed by atoms with van der Waals surface area (Å²) in [4.78, 5) is 0.687. The number of hydrogen-bond acceptors (Lipinski definition) is 4. The summed E-state index contributed by atoms with van der Waals surface area (Å²) in [7, 11) is -3.42. The number of benzene rings is 1. The molecule has 0 spiro atoms. The van der Waals surface area contributed by atoms with Crippen LogP contribution in [0.4, 0.5) is 0 Å². The minimum absolute atomic E-state index is 0.287. The molecule has 1 unspecified atom stereocenters. The maximum absolute atomic E-state index is 12.2. The highest BCUT2D eigenvalue weighted by atomic mass is 32.2. The standard InChI is InChI=1S/C13H18N2O2S3/c14-13(18)7-10-1-3-12(4-2-10)20(16,17)15-8-11-5-6-19-9-11/h1-4,11,15H,5-9H2,(H2,14,18). The van der Waals surface area contributed by atoms with E-state index < -0.39 is 10.0 Å². The van der Waals surface area contributed by atoms with E-state index in [1.807, 2.05) is 11.8 Å². The molecule has 2 rings (SSSR count). The fourth-order valence-electron chi connectivity index (χ4n) is 2.04. The van der Waals surface area contributed by atoms with E-state index in [9.17, 15) is 8.42 Å². The first kappa shape index (κ1) is 15.8. The molecule has 1 aromatic rings. The second-order valence-corrected chi connectivity index (χ2v) is 8.31. The zero-order valence-electron chi connectivity index (χ0n) is 11.0. The van der Waals surface area contributed by atoms with Crippen LogP contribution in [0.5, 0.6) is 0 Å².